The van der Waals surface area contributed by atoms with Gasteiger partial charge in [-0.15, -0.1) is 0 Å². The average Bonchev–Trinajstić information content (AvgIpc) is 2.80. The maximum atomic E-state index is 15.1. The summed E-state index contributed by atoms with van der Waals surface area (Å²) in [5.74, 6) is -0.149. The zero-order chi connectivity index (χ0) is 22.5. The number of hydrogen-bond acceptors (Lipinski definition) is 4. The van der Waals surface area contributed by atoms with Crippen LogP contribution in [0.3, 0.4) is 0 Å². The van der Waals surface area contributed by atoms with Gasteiger partial charge in [0.15, 0.2) is 6.29 Å². The van der Waals surface area contributed by atoms with Gasteiger partial charge in [0.05, 0.1) is 13.2 Å². The summed E-state index contributed by atoms with van der Waals surface area (Å²) in [4.78, 5) is 0. The molecule has 0 aliphatic carbocycles. The minimum atomic E-state index is -2.85. The molecule has 7 heteroatoms. The van der Waals surface area contributed by atoms with E-state index in [0.29, 0.717) is 43.6 Å². The number of alkyl halides is 2. The molecule has 1 saturated heterocycles. The van der Waals surface area contributed by atoms with E-state index in [1.165, 1.54) is 12.1 Å². The second-order valence-corrected chi connectivity index (χ2v) is 7.62. The Hall–Kier alpha value is -2.61. The summed E-state index contributed by atoms with van der Waals surface area (Å²) in [5, 5.41) is 1.31. The van der Waals surface area contributed by atoms with Gasteiger partial charge in [0.1, 0.15) is 17.7 Å². The molecule has 0 unspecified atom stereocenters. The average molecular weight is 446 g/mol. The fourth-order valence-electron chi connectivity index (χ4n) is 3.82. The molecule has 1 aliphatic rings. The number of halogens is 3. The molecule has 3 aromatic carbocycles. The van der Waals surface area contributed by atoms with Crippen LogP contribution >= 0.6 is 0 Å². The third-order valence-corrected chi connectivity index (χ3v) is 5.43. The lowest BCUT2D eigenvalue weighted by atomic mass is 9.99. The predicted octanol–water partition coefficient (Wildman–Crippen LogP) is 5.82. The van der Waals surface area contributed by atoms with Crippen LogP contribution in [0.25, 0.3) is 10.8 Å². The first-order valence-electron chi connectivity index (χ1n) is 10.6. The van der Waals surface area contributed by atoms with E-state index in [9.17, 15) is 8.78 Å². The van der Waals surface area contributed by atoms with Crippen molar-refractivity contribution in [2.24, 2.45) is 0 Å². The van der Waals surface area contributed by atoms with Gasteiger partial charge < -0.3 is 18.9 Å². The van der Waals surface area contributed by atoms with Crippen molar-refractivity contribution in [3.8, 4) is 5.75 Å². The molecule has 4 nitrogen and oxygen atoms in total. The summed E-state index contributed by atoms with van der Waals surface area (Å²) in [6.07, 6.45) is 0.521. The van der Waals surface area contributed by atoms with Crippen LogP contribution in [0.5, 0.6) is 5.75 Å². The van der Waals surface area contributed by atoms with E-state index in [-0.39, 0.29) is 17.7 Å². The lowest BCUT2D eigenvalue weighted by Gasteiger charge is -2.29. The number of ether oxygens (including phenoxy) is 4. The zero-order valence-corrected chi connectivity index (χ0v) is 17.7. The summed E-state index contributed by atoms with van der Waals surface area (Å²) >= 11 is 0. The highest BCUT2D eigenvalue weighted by molar-refractivity contribution is 5.84. The van der Waals surface area contributed by atoms with Crippen molar-refractivity contribution in [3.05, 3.63) is 77.1 Å². The van der Waals surface area contributed by atoms with Gasteiger partial charge in [-0.3, -0.25) is 0 Å². The molecule has 1 aliphatic heterocycles. The third kappa shape index (κ3) is 5.41. The summed E-state index contributed by atoms with van der Waals surface area (Å²) in [6, 6.07) is 15.5. The lowest BCUT2D eigenvalue weighted by Crippen LogP contribution is -2.33. The molecular weight excluding hydrogens is 421 g/mol. The summed E-state index contributed by atoms with van der Waals surface area (Å²) in [5.41, 5.74) is 2.35. The Balaban J connectivity index is 1.42. The van der Waals surface area contributed by atoms with Crippen molar-refractivity contribution in [1.82, 2.24) is 0 Å². The van der Waals surface area contributed by atoms with E-state index in [2.05, 4.69) is 4.74 Å². The highest BCUT2D eigenvalue weighted by Gasteiger charge is 2.24. The molecule has 0 aromatic heterocycles. The van der Waals surface area contributed by atoms with E-state index < -0.39 is 12.9 Å². The SMILES string of the molecule is CCOC1COC(c2ccc3c(F)c(CCc4ccc(OC(F)F)cc4)ccc3c2)OC1. The summed E-state index contributed by atoms with van der Waals surface area (Å²) in [7, 11) is 0. The van der Waals surface area contributed by atoms with Gasteiger partial charge in [0, 0.05) is 17.6 Å². The maximum absolute atomic E-state index is 15.1. The first-order chi connectivity index (χ1) is 15.5. The third-order valence-electron chi connectivity index (χ3n) is 5.43. The fraction of sp³-hybridized carbons (Fsp3) is 0.360. The first-order valence-corrected chi connectivity index (χ1v) is 10.6. The van der Waals surface area contributed by atoms with Gasteiger partial charge >= 0.3 is 6.61 Å². The highest BCUT2D eigenvalue weighted by Crippen LogP contribution is 2.29. The van der Waals surface area contributed by atoms with Gasteiger partial charge in [0.2, 0.25) is 0 Å². The molecule has 170 valence electrons. The Morgan fingerprint density at radius 1 is 0.969 bits per heavy atom. The highest BCUT2D eigenvalue weighted by atomic mass is 19.3. The molecule has 3 aromatic rings. The minimum absolute atomic E-state index is 0.0651. The van der Waals surface area contributed by atoms with Gasteiger partial charge in [-0.2, -0.15) is 8.78 Å². The summed E-state index contributed by atoms with van der Waals surface area (Å²) < 4.78 is 61.0. The van der Waals surface area contributed by atoms with Crippen molar-refractivity contribution >= 4 is 10.8 Å². The molecule has 1 fully saturated rings. The van der Waals surface area contributed by atoms with Crippen LogP contribution < -0.4 is 4.74 Å². The smallest absolute Gasteiger partial charge is 0.387 e. The van der Waals surface area contributed by atoms with Gasteiger partial charge in [-0.1, -0.05) is 36.4 Å². The molecule has 4 rings (SSSR count). The molecule has 0 atom stereocenters. The molecule has 1 heterocycles. The number of aryl methyl sites for hydroxylation is 2. The van der Waals surface area contributed by atoms with Crippen molar-refractivity contribution < 1.29 is 32.1 Å². The molecule has 0 saturated carbocycles. The Morgan fingerprint density at radius 3 is 2.41 bits per heavy atom. The molecular formula is C25H25F3O4. The summed E-state index contributed by atoms with van der Waals surface area (Å²) in [6.45, 7) is 0.604. The minimum Gasteiger partial charge on any atom is -0.435 e. The topological polar surface area (TPSA) is 36.9 Å². The van der Waals surface area contributed by atoms with Crippen molar-refractivity contribution in [2.75, 3.05) is 19.8 Å². The first kappa shape index (κ1) is 22.6. The second kappa shape index (κ2) is 10.3. The van der Waals surface area contributed by atoms with Crippen molar-refractivity contribution in [1.29, 1.82) is 0 Å². The Kier molecular flexibility index (Phi) is 7.29. The monoisotopic (exact) mass is 446 g/mol. The molecule has 0 bridgehead atoms. The van der Waals surface area contributed by atoms with Crippen LogP contribution in [0.1, 0.15) is 29.9 Å². The molecule has 0 radical (unpaired) electrons. The van der Waals surface area contributed by atoms with Crippen molar-refractivity contribution in [3.63, 3.8) is 0 Å². The van der Waals surface area contributed by atoms with E-state index in [0.717, 1.165) is 16.5 Å². The van der Waals surface area contributed by atoms with Gasteiger partial charge in [-0.05, 0) is 54.5 Å². The normalized spacial score (nSPS) is 18.9. The number of hydrogen-bond donors (Lipinski definition) is 0. The Bertz CT molecular complexity index is 1030. The largest absolute Gasteiger partial charge is 0.435 e. The standard InChI is InChI=1S/C25H25F3O4/c1-2-29-21-14-30-24(31-15-21)19-9-12-22-18(13-19)8-7-17(23(22)26)6-3-16-4-10-20(11-5-16)32-25(27)28/h4-5,7-13,21,24-25H,2-3,6,14-15H2,1H3. The van der Waals surface area contributed by atoms with E-state index >= 15 is 4.39 Å². The van der Waals surface area contributed by atoms with Crippen molar-refractivity contribution in [2.45, 2.75) is 38.8 Å². The quantitative estimate of drug-likeness (QED) is 0.437. The van der Waals surface area contributed by atoms with Crippen LogP contribution in [0.15, 0.2) is 54.6 Å². The maximum Gasteiger partial charge on any atom is 0.387 e. The van der Waals surface area contributed by atoms with Crippen LogP contribution in [-0.2, 0) is 27.1 Å². The number of fused-ring (bicyclic) bond motifs is 1. The van der Waals surface area contributed by atoms with Crippen LogP contribution in [0.4, 0.5) is 13.2 Å². The van der Waals surface area contributed by atoms with Gasteiger partial charge in [-0.25, -0.2) is 4.39 Å². The van der Waals surface area contributed by atoms with Gasteiger partial charge in [0.25, 0.3) is 0 Å². The fourth-order valence-corrected chi connectivity index (χ4v) is 3.82. The van der Waals surface area contributed by atoms with E-state index in [1.54, 1.807) is 24.3 Å². The van der Waals surface area contributed by atoms with Crippen LogP contribution in [-0.4, -0.2) is 32.5 Å². The number of rotatable bonds is 8. The second-order valence-electron chi connectivity index (χ2n) is 7.62. The molecule has 32 heavy (non-hydrogen) atoms. The zero-order valence-electron chi connectivity index (χ0n) is 17.7. The van der Waals surface area contributed by atoms with Crippen LogP contribution in [0.2, 0.25) is 0 Å². The van der Waals surface area contributed by atoms with E-state index in [1.807, 2.05) is 25.1 Å². The Labute approximate surface area is 184 Å². The predicted molar refractivity (Wildman–Crippen MR) is 114 cm³/mol. The molecule has 0 N–H and O–H groups in total. The lowest BCUT2D eigenvalue weighted by molar-refractivity contribution is -0.229. The number of benzene rings is 3. The van der Waals surface area contributed by atoms with E-state index in [4.69, 9.17) is 14.2 Å². The Morgan fingerprint density at radius 2 is 1.72 bits per heavy atom. The molecule has 0 amide bonds. The van der Waals surface area contributed by atoms with Crippen LogP contribution in [0, 0.1) is 5.82 Å². The molecule has 0 spiro atoms.